The average Bonchev–Trinajstić information content (AvgIpc) is 3.47. The van der Waals surface area contributed by atoms with Crippen LogP contribution in [-0.4, -0.2) is 36.4 Å². The Bertz CT molecular complexity index is 1620. The maximum Gasteiger partial charge on any atom is 0.311 e. The number of nitro groups is 1. The van der Waals surface area contributed by atoms with Crippen LogP contribution in [0.4, 0.5) is 5.69 Å². The topological polar surface area (TPSA) is 90.5 Å². The van der Waals surface area contributed by atoms with Crippen LogP contribution in [0.2, 0.25) is 5.02 Å². The lowest BCUT2D eigenvalue weighted by Gasteiger charge is -2.15. The number of rotatable bonds is 8. The number of halogens is 1. The molecule has 196 valence electrons. The third kappa shape index (κ3) is 5.58. The third-order valence-corrected chi connectivity index (χ3v) is 7.67. The standard InChI is InChI=1S/C28H21ClN4O4S2/c1-2-37-25-13-12-18(14-24(25)33(35)36)23-15-21(32(30-23)20-9-4-3-5-10-20)16-26-27(34)31(28(38)39-26)17-19-8-6-7-11-22(19)29/h3-16H,2,17H2,1H3/b26-16+. The van der Waals surface area contributed by atoms with Crippen molar-refractivity contribution in [3.05, 3.63) is 110 Å². The highest BCUT2D eigenvalue weighted by Gasteiger charge is 2.33. The Balaban J connectivity index is 1.54. The van der Waals surface area contributed by atoms with Crippen molar-refractivity contribution in [3.8, 4) is 22.7 Å². The summed E-state index contributed by atoms with van der Waals surface area (Å²) >= 11 is 13.0. The highest BCUT2D eigenvalue weighted by atomic mass is 35.5. The van der Waals surface area contributed by atoms with Crippen LogP contribution in [-0.2, 0) is 11.3 Å². The van der Waals surface area contributed by atoms with Gasteiger partial charge in [-0.15, -0.1) is 0 Å². The lowest BCUT2D eigenvalue weighted by atomic mass is 10.1. The molecule has 1 amide bonds. The molecule has 0 N–H and O–H groups in total. The maximum atomic E-state index is 13.4. The summed E-state index contributed by atoms with van der Waals surface area (Å²) in [4.78, 5) is 26.5. The Kier molecular flexibility index (Phi) is 7.78. The number of ether oxygens (including phenoxy) is 1. The molecule has 8 nitrogen and oxygen atoms in total. The smallest absolute Gasteiger partial charge is 0.311 e. The van der Waals surface area contributed by atoms with Crippen molar-refractivity contribution < 1.29 is 14.5 Å². The minimum absolute atomic E-state index is 0.148. The van der Waals surface area contributed by atoms with Crippen molar-refractivity contribution >= 4 is 57.6 Å². The van der Waals surface area contributed by atoms with Crippen molar-refractivity contribution in [2.75, 3.05) is 6.61 Å². The van der Waals surface area contributed by atoms with Crippen LogP contribution >= 0.6 is 35.6 Å². The average molecular weight is 577 g/mol. The van der Waals surface area contributed by atoms with E-state index in [-0.39, 0.29) is 23.9 Å². The van der Waals surface area contributed by atoms with Gasteiger partial charge in [0, 0.05) is 16.7 Å². The highest BCUT2D eigenvalue weighted by molar-refractivity contribution is 8.26. The first kappa shape index (κ1) is 26.6. The number of benzene rings is 3. The Hall–Kier alpha value is -3.99. The van der Waals surface area contributed by atoms with E-state index in [4.69, 9.17) is 33.7 Å². The van der Waals surface area contributed by atoms with Gasteiger partial charge < -0.3 is 4.74 Å². The molecular formula is C28H21ClN4O4S2. The van der Waals surface area contributed by atoms with Gasteiger partial charge in [-0.05, 0) is 55.0 Å². The van der Waals surface area contributed by atoms with E-state index < -0.39 is 4.92 Å². The molecule has 0 bridgehead atoms. The lowest BCUT2D eigenvalue weighted by molar-refractivity contribution is -0.385. The van der Waals surface area contributed by atoms with E-state index in [9.17, 15) is 14.9 Å². The fourth-order valence-corrected chi connectivity index (χ4v) is 5.52. The molecule has 0 atom stereocenters. The van der Waals surface area contributed by atoms with Crippen LogP contribution in [0, 0.1) is 10.1 Å². The summed E-state index contributed by atoms with van der Waals surface area (Å²) in [5.41, 5.74) is 3.08. The van der Waals surface area contributed by atoms with E-state index in [0.717, 1.165) is 11.3 Å². The Morgan fingerprint density at radius 1 is 1.10 bits per heavy atom. The molecule has 39 heavy (non-hydrogen) atoms. The summed E-state index contributed by atoms with van der Waals surface area (Å²) in [5.74, 6) is -0.0415. The van der Waals surface area contributed by atoms with Gasteiger partial charge in [0.2, 0.25) is 0 Å². The summed E-state index contributed by atoms with van der Waals surface area (Å²) in [6.45, 7) is 2.34. The number of nitrogens with zero attached hydrogens (tertiary/aromatic N) is 4. The second-order valence-corrected chi connectivity index (χ2v) is 10.5. The minimum Gasteiger partial charge on any atom is -0.487 e. The number of para-hydroxylation sites is 1. The minimum atomic E-state index is -0.478. The van der Waals surface area contributed by atoms with E-state index in [0.29, 0.717) is 37.8 Å². The number of thiocarbonyl (C=S) groups is 1. The Morgan fingerprint density at radius 2 is 1.85 bits per heavy atom. The van der Waals surface area contributed by atoms with Crippen LogP contribution in [0.1, 0.15) is 18.2 Å². The molecule has 1 aromatic heterocycles. The van der Waals surface area contributed by atoms with Crippen LogP contribution in [0.25, 0.3) is 23.0 Å². The number of hydrogen-bond acceptors (Lipinski definition) is 7. The fourth-order valence-electron chi connectivity index (χ4n) is 4.08. The molecule has 0 saturated carbocycles. The molecule has 2 heterocycles. The van der Waals surface area contributed by atoms with Crippen molar-refractivity contribution in [1.82, 2.24) is 14.7 Å². The molecular weight excluding hydrogens is 556 g/mol. The van der Waals surface area contributed by atoms with Gasteiger partial charge in [0.15, 0.2) is 5.75 Å². The SMILES string of the molecule is CCOc1ccc(-c2cc(/C=C3/SC(=S)N(Cc4ccccc4Cl)C3=O)n(-c3ccccc3)n2)cc1[N+](=O)[O-]. The van der Waals surface area contributed by atoms with Crippen molar-refractivity contribution in [3.63, 3.8) is 0 Å². The maximum absolute atomic E-state index is 13.4. The number of nitro benzene ring substituents is 1. The Morgan fingerprint density at radius 3 is 2.56 bits per heavy atom. The molecule has 4 aromatic rings. The van der Waals surface area contributed by atoms with E-state index >= 15 is 0 Å². The van der Waals surface area contributed by atoms with Gasteiger partial charge >= 0.3 is 5.69 Å². The number of carbonyl (C=O) groups excluding carboxylic acids is 1. The summed E-state index contributed by atoms with van der Waals surface area (Å²) in [6.07, 6.45) is 1.73. The van der Waals surface area contributed by atoms with Crippen LogP contribution in [0.5, 0.6) is 5.75 Å². The fraction of sp³-hybridized carbons (Fsp3) is 0.107. The van der Waals surface area contributed by atoms with E-state index in [1.165, 1.54) is 22.7 Å². The number of hydrogen-bond donors (Lipinski definition) is 0. The molecule has 5 rings (SSSR count). The Labute approximate surface area is 239 Å². The van der Waals surface area contributed by atoms with Crippen LogP contribution < -0.4 is 4.74 Å². The summed E-state index contributed by atoms with van der Waals surface area (Å²) < 4.78 is 7.54. The van der Waals surface area contributed by atoms with Crippen molar-refractivity contribution in [2.45, 2.75) is 13.5 Å². The van der Waals surface area contributed by atoms with Crippen LogP contribution in [0.3, 0.4) is 0 Å². The molecule has 0 aliphatic carbocycles. The molecule has 1 fully saturated rings. The van der Waals surface area contributed by atoms with Gasteiger partial charge in [-0.2, -0.15) is 5.10 Å². The largest absolute Gasteiger partial charge is 0.487 e. The van der Waals surface area contributed by atoms with Gasteiger partial charge in [-0.25, -0.2) is 4.68 Å². The van der Waals surface area contributed by atoms with Crippen molar-refractivity contribution in [1.29, 1.82) is 0 Å². The molecule has 1 saturated heterocycles. The first-order valence-corrected chi connectivity index (χ1v) is 13.5. The zero-order chi connectivity index (χ0) is 27.5. The zero-order valence-corrected chi connectivity index (χ0v) is 23.0. The first-order valence-electron chi connectivity index (χ1n) is 11.9. The number of amides is 1. The lowest BCUT2D eigenvalue weighted by Crippen LogP contribution is -2.27. The molecule has 1 aliphatic heterocycles. The number of carbonyl (C=O) groups is 1. The van der Waals surface area contributed by atoms with Crippen molar-refractivity contribution in [2.24, 2.45) is 0 Å². The zero-order valence-electron chi connectivity index (χ0n) is 20.6. The second-order valence-electron chi connectivity index (χ2n) is 8.43. The van der Waals surface area contributed by atoms with E-state index in [2.05, 4.69) is 0 Å². The normalized spacial score (nSPS) is 14.3. The molecule has 3 aromatic carbocycles. The van der Waals surface area contributed by atoms with Gasteiger partial charge in [-0.1, -0.05) is 72.0 Å². The van der Waals surface area contributed by atoms with Gasteiger partial charge in [0.05, 0.1) is 40.1 Å². The number of aromatic nitrogens is 2. The van der Waals surface area contributed by atoms with E-state index in [1.807, 2.05) is 48.5 Å². The van der Waals surface area contributed by atoms with Gasteiger partial charge in [0.25, 0.3) is 5.91 Å². The third-order valence-electron chi connectivity index (χ3n) is 5.93. The second kappa shape index (κ2) is 11.4. The highest BCUT2D eigenvalue weighted by Crippen LogP contribution is 2.36. The summed E-state index contributed by atoms with van der Waals surface area (Å²) in [5, 5.41) is 17.0. The van der Waals surface area contributed by atoms with Gasteiger partial charge in [-0.3, -0.25) is 19.8 Å². The first-order chi connectivity index (χ1) is 18.9. The predicted octanol–water partition coefficient (Wildman–Crippen LogP) is 6.90. The molecule has 1 aliphatic rings. The quantitative estimate of drug-likeness (QED) is 0.0975. The van der Waals surface area contributed by atoms with Gasteiger partial charge in [0.1, 0.15) is 4.32 Å². The molecule has 0 spiro atoms. The van der Waals surface area contributed by atoms with Crippen LogP contribution in [0.15, 0.2) is 83.8 Å². The summed E-state index contributed by atoms with van der Waals surface area (Å²) in [7, 11) is 0. The monoisotopic (exact) mass is 576 g/mol. The number of thioether (sulfide) groups is 1. The van der Waals surface area contributed by atoms with E-state index in [1.54, 1.807) is 41.9 Å². The molecule has 0 unspecified atom stereocenters. The summed E-state index contributed by atoms with van der Waals surface area (Å²) in [6, 6.07) is 23.3. The predicted molar refractivity (Wildman–Crippen MR) is 157 cm³/mol. The molecule has 0 radical (unpaired) electrons. The molecule has 11 heteroatoms.